The lowest BCUT2D eigenvalue weighted by atomic mass is 10.1. The first-order valence-corrected chi connectivity index (χ1v) is 10.5. The number of aromatic nitrogens is 2. The summed E-state index contributed by atoms with van der Waals surface area (Å²) in [5.74, 6) is 2.18. The predicted molar refractivity (Wildman–Crippen MR) is 122 cm³/mol. The number of rotatable bonds is 7. The van der Waals surface area contributed by atoms with Crippen LogP contribution in [0.3, 0.4) is 0 Å². The fraction of sp³-hybridized carbons (Fsp3) is 0.292. The number of amides is 1. The summed E-state index contributed by atoms with van der Waals surface area (Å²) in [5, 5.41) is 3.13. The number of hydrogen-bond donors (Lipinski definition) is 1. The molecule has 1 aliphatic rings. The summed E-state index contributed by atoms with van der Waals surface area (Å²) in [6, 6.07) is 15.0. The van der Waals surface area contributed by atoms with Crippen molar-refractivity contribution in [3.63, 3.8) is 0 Å². The van der Waals surface area contributed by atoms with Gasteiger partial charge in [-0.15, -0.1) is 0 Å². The molecule has 0 atom stereocenters. The lowest BCUT2D eigenvalue weighted by Gasteiger charge is -2.35. The Morgan fingerprint density at radius 3 is 2.47 bits per heavy atom. The number of anilines is 2. The van der Waals surface area contributed by atoms with E-state index >= 15 is 0 Å². The standard InChI is InChI=1S/C24H27N5O3/c1-31-21-7-8-22(32-2)19(16-21)17-28-11-13-29(14-12-28)23(30)18-5-3-6-20(15-18)27-24-25-9-4-10-26-24/h3-10,15-16H,11-14,17H2,1-2H3,(H,25,26,27). The van der Waals surface area contributed by atoms with Gasteiger partial charge in [0.2, 0.25) is 5.95 Å². The minimum Gasteiger partial charge on any atom is -0.497 e. The van der Waals surface area contributed by atoms with E-state index < -0.39 is 0 Å². The van der Waals surface area contributed by atoms with E-state index in [0.29, 0.717) is 24.6 Å². The summed E-state index contributed by atoms with van der Waals surface area (Å²) in [6.45, 7) is 3.68. The van der Waals surface area contributed by atoms with Gasteiger partial charge in [0, 0.05) is 61.9 Å². The number of piperazine rings is 1. The number of nitrogens with one attached hydrogen (secondary N) is 1. The molecule has 0 spiro atoms. The van der Waals surface area contributed by atoms with Crippen molar-refractivity contribution in [2.75, 3.05) is 45.7 Å². The van der Waals surface area contributed by atoms with E-state index in [-0.39, 0.29) is 5.91 Å². The summed E-state index contributed by atoms with van der Waals surface area (Å²) in [7, 11) is 3.34. The molecular weight excluding hydrogens is 406 g/mol. The van der Waals surface area contributed by atoms with Gasteiger partial charge in [0.05, 0.1) is 14.2 Å². The van der Waals surface area contributed by atoms with Gasteiger partial charge in [-0.05, 0) is 42.5 Å². The average Bonchev–Trinajstić information content (AvgIpc) is 2.85. The van der Waals surface area contributed by atoms with Crippen LogP contribution >= 0.6 is 0 Å². The second-order valence-corrected chi connectivity index (χ2v) is 7.52. The molecule has 2 aromatic carbocycles. The van der Waals surface area contributed by atoms with E-state index in [1.165, 1.54) is 0 Å². The quantitative estimate of drug-likeness (QED) is 0.613. The van der Waals surface area contributed by atoms with Gasteiger partial charge in [0.25, 0.3) is 5.91 Å². The molecular formula is C24H27N5O3. The van der Waals surface area contributed by atoms with Gasteiger partial charge in [-0.2, -0.15) is 0 Å². The zero-order valence-electron chi connectivity index (χ0n) is 18.3. The van der Waals surface area contributed by atoms with Gasteiger partial charge in [0.15, 0.2) is 0 Å². The largest absolute Gasteiger partial charge is 0.497 e. The van der Waals surface area contributed by atoms with E-state index in [1.54, 1.807) is 32.7 Å². The molecule has 32 heavy (non-hydrogen) atoms. The third-order valence-electron chi connectivity index (χ3n) is 5.47. The average molecular weight is 434 g/mol. The summed E-state index contributed by atoms with van der Waals surface area (Å²) < 4.78 is 10.8. The number of carbonyl (C=O) groups excluding carboxylic acids is 1. The molecule has 0 saturated carbocycles. The van der Waals surface area contributed by atoms with Crippen LogP contribution in [0.5, 0.6) is 11.5 Å². The van der Waals surface area contributed by atoms with Crippen LogP contribution in [0.4, 0.5) is 11.6 Å². The van der Waals surface area contributed by atoms with Crippen molar-refractivity contribution in [1.29, 1.82) is 0 Å². The van der Waals surface area contributed by atoms with Crippen LogP contribution in [-0.2, 0) is 6.54 Å². The van der Waals surface area contributed by atoms with E-state index in [9.17, 15) is 4.79 Å². The maximum atomic E-state index is 13.1. The normalized spacial score (nSPS) is 14.1. The van der Waals surface area contributed by atoms with Crippen LogP contribution in [0, 0.1) is 0 Å². The van der Waals surface area contributed by atoms with E-state index in [4.69, 9.17) is 9.47 Å². The van der Waals surface area contributed by atoms with Crippen LogP contribution in [0.1, 0.15) is 15.9 Å². The number of carbonyl (C=O) groups is 1. The smallest absolute Gasteiger partial charge is 0.254 e. The molecule has 0 unspecified atom stereocenters. The molecule has 0 bridgehead atoms. The van der Waals surface area contributed by atoms with Crippen LogP contribution in [-0.4, -0.2) is 66.1 Å². The molecule has 1 aromatic heterocycles. The molecule has 2 heterocycles. The highest BCUT2D eigenvalue weighted by Gasteiger charge is 2.23. The molecule has 8 nitrogen and oxygen atoms in total. The Morgan fingerprint density at radius 1 is 0.969 bits per heavy atom. The van der Waals surface area contributed by atoms with Gasteiger partial charge < -0.3 is 19.7 Å². The van der Waals surface area contributed by atoms with Crippen molar-refractivity contribution < 1.29 is 14.3 Å². The highest BCUT2D eigenvalue weighted by atomic mass is 16.5. The SMILES string of the molecule is COc1ccc(OC)c(CN2CCN(C(=O)c3cccc(Nc4ncccn4)c3)CC2)c1. The number of ether oxygens (including phenoxy) is 2. The van der Waals surface area contributed by atoms with Gasteiger partial charge in [-0.3, -0.25) is 9.69 Å². The van der Waals surface area contributed by atoms with Crippen LogP contribution in [0.2, 0.25) is 0 Å². The van der Waals surface area contributed by atoms with E-state index in [2.05, 4.69) is 20.2 Å². The molecule has 4 rings (SSSR count). The lowest BCUT2D eigenvalue weighted by molar-refractivity contribution is 0.0627. The van der Waals surface area contributed by atoms with Crippen molar-refractivity contribution in [1.82, 2.24) is 19.8 Å². The lowest BCUT2D eigenvalue weighted by Crippen LogP contribution is -2.48. The first kappa shape index (κ1) is 21.6. The minimum atomic E-state index is 0.0289. The topological polar surface area (TPSA) is 79.8 Å². The monoisotopic (exact) mass is 433 g/mol. The Kier molecular flexibility index (Phi) is 6.81. The molecule has 8 heteroatoms. The Morgan fingerprint density at radius 2 is 1.75 bits per heavy atom. The number of benzene rings is 2. The summed E-state index contributed by atoms with van der Waals surface area (Å²) in [6.07, 6.45) is 3.34. The van der Waals surface area contributed by atoms with Crippen molar-refractivity contribution in [3.05, 3.63) is 72.1 Å². The number of methoxy groups -OCH3 is 2. The molecule has 1 saturated heterocycles. The minimum absolute atomic E-state index is 0.0289. The van der Waals surface area contributed by atoms with Crippen LogP contribution < -0.4 is 14.8 Å². The first-order chi connectivity index (χ1) is 15.7. The molecule has 3 aromatic rings. The Balaban J connectivity index is 1.36. The van der Waals surface area contributed by atoms with Crippen molar-refractivity contribution in [2.24, 2.45) is 0 Å². The summed E-state index contributed by atoms with van der Waals surface area (Å²) in [5.41, 5.74) is 2.51. The Bertz CT molecular complexity index is 1050. The third-order valence-corrected chi connectivity index (χ3v) is 5.47. The predicted octanol–water partition coefficient (Wildman–Crippen LogP) is 3.20. The van der Waals surface area contributed by atoms with Crippen LogP contribution in [0.15, 0.2) is 60.9 Å². The highest BCUT2D eigenvalue weighted by Crippen LogP contribution is 2.26. The molecule has 1 aliphatic heterocycles. The maximum absolute atomic E-state index is 13.1. The molecule has 1 fully saturated rings. The van der Waals surface area contributed by atoms with E-state index in [1.807, 2.05) is 47.4 Å². The second kappa shape index (κ2) is 10.1. The number of hydrogen-bond acceptors (Lipinski definition) is 7. The molecule has 0 aliphatic carbocycles. The summed E-state index contributed by atoms with van der Waals surface area (Å²) in [4.78, 5) is 25.6. The molecule has 1 N–H and O–H groups in total. The Hall–Kier alpha value is -3.65. The summed E-state index contributed by atoms with van der Waals surface area (Å²) >= 11 is 0. The highest BCUT2D eigenvalue weighted by molar-refractivity contribution is 5.95. The first-order valence-electron chi connectivity index (χ1n) is 10.5. The fourth-order valence-electron chi connectivity index (χ4n) is 3.76. The fourth-order valence-corrected chi connectivity index (χ4v) is 3.76. The van der Waals surface area contributed by atoms with Crippen molar-refractivity contribution >= 4 is 17.5 Å². The van der Waals surface area contributed by atoms with Gasteiger partial charge >= 0.3 is 0 Å². The molecule has 166 valence electrons. The van der Waals surface area contributed by atoms with Crippen molar-refractivity contribution in [3.8, 4) is 11.5 Å². The second-order valence-electron chi connectivity index (χ2n) is 7.52. The van der Waals surface area contributed by atoms with Gasteiger partial charge in [-0.25, -0.2) is 9.97 Å². The third kappa shape index (κ3) is 5.15. The molecule has 0 radical (unpaired) electrons. The van der Waals surface area contributed by atoms with Gasteiger partial charge in [-0.1, -0.05) is 6.07 Å². The van der Waals surface area contributed by atoms with Crippen molar-refractivity contribution in [2.45, 2.75) is 6.54 Å². The number of nitrogens with zero attached hydrogens (tertiary/aromatic N) is 4. The van der Waals surface area contributed by atoms with Gasteiger partial charge in [0.1, 0.15) is 11.5 Å². The molecule has 1 amide bonds. The zero-order valence-corrected chi connectivity index (χ0v) is 18.3. The maximum Gasteiger partial charge on any atom is 0.254 e. The Labute approximate surface area is 187 Å². The van der Waals surface area contributed by atoms with E-state index in [0.717, 1.165) is 42.4 Å². The zero-order chi connectivity index (χ0) is 22.3. The van der Waals surface area contributed by atoms with Crippen LogP contribution in [0.25, 0.3) is 0 Å².